The highest BCUT2D eigenvalue weighted by Crippen LogP contribution is 2.47. The van der Waals surface area contributed by atoms with Gasteiger partial charge in [-0.15, -0.1) is 0 Å². The number of rotatable bonds is 8. The average Bonchev–Trinajstić information content (AvgIpc) is 4.11. The predicted molar refractivity (Wildman–Crippen MR) is 228 cm³/mol. The number of imidazole rings is 1. The molecule has 9 aromatic rings. The quantitative estimate of drug-likeness (QED) is 0.157. The Morgan fingerprint density at radius 2 is 1.23 bits per heavy atom. The average molecular weight is 747 g/mol. The van der Waals surface area contributed by atoms with Crippen LogP contribution >= 0.6 is 0 Å². The first-order valence-corrected chi connectivity index (χ1v) is 19.9. The molecule has 3 aliphatic heterocycles. The number of hydrogen-bond donors (Lipinski definition) is 2. The van der Waals surface area contributed by atoms with Crippen molar-refractivity contribution in [2.45, 2.75) is 31.6 Å². The number of nitrogens with zero attached hydrogens (tertiary/aromatic N) is 10. The lowest BCUT2D eigenvalue weighted by atomic mass is 9.93. The molecule has 0 amide bonds. The van der Waals surface area contributed by atoms with Gasteiger partial charge in [0.05, 0.1) is 39.5 Å². The maximum absolute atomic E-state index is 5.27. The normalized spacial score (nSPS) is 16.6. The highest BCUT2D eigenvalue weighted by Gasteiger charge is 2.32. The van der Waals surface area contributed by atoms with Crippen molar-refractivity contribution in [3.8, 4) is 5.82 Å². The zero-order chi connectivity index (χ0) is 37.5. The first-order chi connectivity index (χ1) is 28.2. The van der Waals surface area contributed by atoms with E-state index in [1.807, 2.05) is 41.2 Å². The van der Waals surface area contributed by atoms with Crippen molar-refractivity contribution in [2.24, 2.45) is 4.99 Å². The van der Waals surface area contributed by atoms with Crippen molar-refractivity contribution in [1.29, 1.82) is 0 Å². The summed E-state index contributed by atoms with van der Waals surface area (Å²) in [5, 5.41) is 9.46. The number of nitrogens with one attached hydrogen (secondary N) is 2. The minimum Gasteiger partial charge on any atom is -0.371 e. The molecule has 57 heavy (non-hydrogen) atoms. The fourth-order valence-electron chi connectivity index (χ4n) is 9.19. The van der Waals surface area contributed by atoms with Gasteiger partial charge in [0.25, 0.3) is 0 Å². The lowest BCUT2D eigenvalue weighted by Gasteiger charge is -2.23. The third kappa shape index (κ3) is 5.20. The van der Waals surface area contributed by atoms with Gasteiger partial charge in [0.15, 0.2) is 5.82 Å². The van der Waals surface area contributed by atoms with Crippen molar-refractivity contribution < 1.29 is 0 Å². The molecule has 3 aliphatic rings. The van der Waals surface area contributed by atoms with Crippen LogP contribution in [0.2, 0.25) is 0 Å². The molecule has 0 spiro atoms. The van der Waals surface area contributed by atoms with Crippen LogP contribution in [0, 0.1) is 0 Å². The van der Waals surface area contributed by atoms with E-state index in [4.69, 9.17) is 29.9 Å². The van der Waals surface area contributed by atoms with Crippen LogP contribution in [-0.2, 0) is 0 Å². The fraction of sp³-hybridized carbons (Fsp3) is 0.200. The fourth-order valence-corrected chi connectivity index (χ4v) is 9.19. The van der Waals surface area contributed by atoms with Gasteiger partial charge in [0, 0.05) is 77.2 Å². The SMILES string of the molecule is C1=Nc2cc(N3CCCC3)cc(Nc3ccccc3)c2C1c1nc2ncnc3nc(-n4cnc5cc(N6CCCC6)cc(Nc6ccccc6)c54)c4ccc1c4n23. The number of benzene rings is 4. The van der Waals surface area contributed by atoms with Gasteiger partial charge in [-0.05, 0) is 80.3 Å². The molecule has 1 unspecified atom stereocenters. The van der Waals surface area contributed by atoms with E-state index in [1.54, 1.807) is 6.33 Å². The molecule has 278 valence electrons. The minimum atomic E-state index is -0.209. The molecule has 12 rings (SSSR count). The van der Waals surface area contributed by atoms with Crippen LogP contribution in [0.3, 0.4) is 0 Å². The topological polar surface area (TPSA) is 117 Å². The first-order valence-electron chi connectivity index (χ1n) is 19.9. The van der Waals surface area contributed by atoms with E-state index in [0.717, 1.165) is 99.0 Å². The lowest BCUT2D eigenvalue weighted by Crippen LogP contribution is -2.18. The summed E-state index contributed by atoms with van der Waals surface area (Å²) in [4.78, 5) is 34.9. The Hall–Kier alpha value is -7.08. The maximum Gasteiger partial charge on any atom is 0.240 e. The Balaban J connectivity index is 1.04. The first kappa shape index (κ1) is 32.2. The number of anilines is 6. The zero-order valence-electron chi connectivity index (χ0n) is 31.2. The van der Waals surface area contributed by atoms with Gasteiger partial charge in [-0.3, -0.25) is 9.56 Å². The van der Waals surface area contributed by atoms with Gasteiger partial charge >= 0.3 is 0 Å². The molecule has 2 N–H and O–H groups in total. The van der Waals surface area contributed by atoms with Gasteiger partial charge in [-0.25, -0.2) is 24.3 Å². The van der Waals surface area contributed by atoms with Crippen LogP contribution in [0.25, 0.3) is 44.7 Å². The molecule has 7 heterocycles. The summed E-state index contributed by atoms with van der Waals surface area (Å²) in [6.45, 7) is 4.20. The zero-order valence-corrected chi connectivity index (χ0v) is 31.2. The molecule has 2 saturated heterocycles. The molecule has 5 aromatic carbocycles. The Morgan fingerprint density at radius 3 is 1.95 bits per heavy atom. The van der Waals surface area contributed by atoms with E-state index >= 15 is 0 Å². The molecule has 12 nitrogen and oxygen atoms in total. The van der Waals surface area contributed by atoms with Crippen molar-refractivity contribution in [3.05, 3.63) is 121 Å². The van der Waals surface area contributed by atoms with Gasteiger partial charge in [-0.1, -0.05) is 42.5 Å². The van der Waals surface area contributed by atoms with E-state index in [9.17, 15) is 0 Å². The molecule has 12 heteroatoms. The van der Waals surface area contributed by atoms with Gasteiger partial charge < -0.3 is 20.4 Å². The largest absolute Gasteiger partial charge is 0.371 e. The van der Waals surface area contributed by atoms with Crippen molar-refractivity contribution in [2.75, 3.05) is 46.6 Å². The number of fused-ring (bicyclic) bond motifs is 2. The Kier molecular flexibility index (Phi) is 7.19. The summed E-state index contributed by atoms with van der Waals surface area (Å²) in [5.41, 5.74) is 12.2. The molecular weight excluding hydrogens is 709 g/mol. The number of aliphatic imine (C=N–C) groups is 1. The molecular formula is C45H38N12. The van der Waals surface area contributed by atoms with Crippen molar-refractivity contribution in [3.63, 3.8) is 0 Å². The highest BCUT2D eigenvalue weighted by molar-refractivity contribution is 6.07. The smallest absolute Gasteiger partial charge is 0.240 e. The molecule has 0 aliphatic carbocycles. The third-order valence-corrected chi connectivity index (χ3v) is 11.9. The van der Waals surface area contributed by atoms with Gasteiger partial charge in [0.2, 0.25) is 11.6 Å². The molecule has 0 bridgehead atoms. The van der Waals surface area contributed by atoms with E-state index in [0.29, 0.717) is 11.6 Å². The van der Waals surface area contributed by atoms with Crippen LogP contribution in [-0.4, -0.2) is 66.3 Å². The second kappa shape index (κ2) is 12.7. The maximum atomic E-state index is 5.27. The van der Waals surface area contributed by atoms with Gasteiger partial charge in [-0.2, -0.15) is 4.98 Å². The summed E-state index contributed by atoms with van der Waals surface area (Å²) < 4.78 is 4.09. The van der Waals surface area contributed by atoms with Crippen LogP contribution in [0.1, 0.15) is 42.9 Å². The number of para-hydroxylation sites is 2. The lowest BCUT2D eigenvalue weighted by molar-refractivity contribution is 0.949. The minimum absolute atomic E-state index is 0.209. The summed E-state index contributed by atoms with van der Waals surface area (Å²) >= 11 is 0. The van der Waals surface area contributed by atoms with Crippen LogP contribution < -0.4 is 20.4 Å². The van der Waals surface area contributed by atoms with Crippen LogP contribution in [0.15, 0.2) is 115 Å². The highest BCUT2D eigenvalue weighted by atomic mass is 15.2. The standard InChI is InChI=1S/C45H38N12/c1-3-11-28(12-4-1)50-36-22-30(54-17-7-8-18-54)21-35-39(36)34(25-46-35)40-32-15-16-33-41(32)57-44(52-40)47-26-48-45(57)53-43(33)56-27-49-37-23-31(55-19-9-10-20-55)24-38(42(37)56)51-29-13-5-2-6-14-29/h1-6,11-16,21-27,34,50-51H,7-10,17-20H2. The number of aromatic nitrogens is 7. The van der Waals surface area contributed by atoms with E-state index in [-0.39, 0.29) is 5.92 Å². The Bertz CT molecular complexity index is 2990. The number of hydrogen-bond acceptors (Lipinski definition) is 10. The molecule has 0 radical (unpaired) electrons. The summed E-state index contributed by atoms with van der Waals surface area (Å²) in [7, 11) is 0. The van der Waals surface area contributed by atoms with E-state index < -0.39 is 0 Å². The molecule has 2 fully saturated rings. The second-order valence-electron chi connectivity index (χ2n) is 15.3. The second-order valence-corrected chi connectivity index (χ2v) is 15.3. The van der Waals surface area contributed by atoms with Crippen LogP contribution in [0.4, 0.5) is 39.8 Å². The third-order valence-electron chi connectivity index (χ3n) is 11.9. The molecule has 0 saturated carbocycles. The van der Waals surface area contributed by atoms with E-state index in [2.05, 4.69) is 97.8 Å². The summed E-state index contributed by atoms with van der Waals surface area (Å²) in [6, 6.07) is 34.0. The Morgan fingerprint density at radius 1 is 0.596 bits per heavy atom. The Labute approximate surface area is 327 Å². The van der Waals surface area contributed by atoms with Crippen LogP contribution in [0.5, 0.6) is 0 Å². The van der Waals surface area contributed by atoms with Gasteiger partial charge in [0.1, 0.15) is 12.7 Å². The predicted octanol–water partition coefficient (Wildman–Crippen LogP) is 9.14. The van der Waals surface area contributed by atoms with Crippen molar-refractivity contribution in [1.82, 2.24) is 33.9 Å². The monoisotopic (exact) mass is 746 g/mol. The molecule has 1 atom stereocenters. The molecule has 4 aromatic heterocycles. The van der Waals surface area contributed by atoms with Crippen molar-refractivity contribution >= 4 is 84.9 Å². The van der Waals surface area contributed by atoms with E-state index in [1.165, 1.54) is 37.1 Å². The summed E-state index contributed by atoms with van der Waals surface area (Å²) in [6.07, 6.45) is 10.3. The summed E-state index contributed by atoms with van der Waals surface area (Å²) in [5.74, 6) is 1.60.